The van der Waals surface area contributed by atoms with E-state index in [1.54, 1.807) is 0 Å². The lowest BCUT2D eigenvalue weighted by Gasteiger charge is -2.28. The first-order chi connectivity index (χ1) is 34.2. The van der Waals surface area contributed by atoms with E-state index >= 15 is 0 Å². The Balaban J connectivity index is 0.863. The molecule has 12 aromatic carbocycles. The van der Waals surface area contributed by atoms with Crippen LogP contribution >= 0.6 is 0 Å². The first kappa shape index (κ1) is 39.0. The zero-order valence-electron chi connectivity index (χ0n) is 37.4. The van der Waals surface area contributed by atoms with Gasteiger partial charge in [-0.2, -0.15) is 0 Å². The highest BCUT2D eigenvalue weighted by atomic mass is 16.3. The Kier molecular flexibility index (Phi) is 8.90. The minimum Gasteiger partial charge on any atom is -0.455 e. The Morgan fingerprint density at radius 2 is 0.681 bits per heavy atom. The van der Waals surface area contributed by atoms with Gasteiger partial charge in [-0.3, -0.25) is 0 Å². The standard InChI is InChI=1S/C66H41NO2/c1-4-16-52-46(13-1)39-48(40-61(52)60-24-12-23-59-57-20-8-10-26-64(57)69-66(59)60)44-33-37-50(38-34-44)67(62-41-47-14-2-3-15-51(47)54-17-5-6-18-55(54)62)49-35-31-43(32-36-49)42-27-29-45(30-28-42)53-21-11-22-58-56-19-7-9-25-63(56)68-65(53)58/h1-41H. The average Bonchev–Trinajstić information content (AvgIpc) is 4.00. The Labute approximate surface area is 398 Å². The molecule has 3 nitrogen and oxygen atoms in total. The first-order valence-corrected chi connectivity index (χ1v) is 23.6. The highest BCUT2D eigenvalue weighted by Gasteiger charge is 2.20. The Morgan fingerprint density at radius 3 is 1.30 bits per heavy atom. The molecule has 0 N–H and O–H groups in total. The summed E-state index contributed by atoms with van der Waals surface area (Å²) in [5, 5.41) is 11.8. The van der Waals surface area contributed by atoms with Gasteiger partial charge in [0.1, 0.15) is 22.3 Å². The second kappa shape index (κ2) is 15.7. The fourth-order valence-corrected chi connectivity index (χ4v) is 10.7. The molecular formula is C66H41NO2. The summed E-state index contributed by atoms with van der Waals surface area (Å²) in [5.74, 6) is 0. The third-order valence-corrected chi connectivity index (χ3v) is 14.1. The van der Waals surface area contributed by atoms with Crippen LogP contribution in [0.15, 0.2) is 258 Å². The molecule has 3 heteroatoms. The smallest absolute Gasteiger partial charge is 0.143 e. The third-order valence-electron chi connectivity index (χ3n) is 14.1. The Morgan fingerprint density at radius 1 is 0.246 bits per heavy atom. The predicted molar refractivity (Wildman–Crippen MR) is 290 cm³/mol. The van der Waals surface area contributed by atoms with Crippen molar-refractivity contribution >= 4 is 93.3 Å². The van der Waals surface area contributed by atoms with Gasteiger partial charge in [0, 0.05) is 49.4 Å². The van der Waals surface area contributed by atoms with Gasteiger partial charge in [-0.25, -0.2) is 0 Å². The number of furan rings is 2. The molecule has 0 amide bonds. The number of hydrogen-bond acceptors (Lipinski definition) is 3. The van der Waals surface area contributed by atoms with E-state index in [1.807, 2.05) is 18.2 Å². The van der Waals surface area contributed by atoms with E-state index < -0.39 is 0 Å². The third kappa shape index (κ3) is 6.43. The predicted octanol–water partition coefficient (Wildman–Crippen LogP) is 19.1. The molecule has 0 aliphatic carbocycles. The van der Waals surface area contributed by atoms with Crippen molar-refractivity contribution in [2.24, 2.45) is 0 Å². The van der Waals surface area contributed by atoms with Crippen molar-refractivity contribution in [3.63, 3.8) is 0 Å². The van der Waals surface area contributed by atoms with Gasteiger partial charge in [0.2, 0.25) is 0 Å². The van der Waals surface area contributed by atoms with Crippen molar-refractivity contribution in [3.05, 3.63) is 249 Å². The van der Waals surface area contributed by atoms with E-state index in [0.29, 0.717) is 0 Å². The van der Waals surface area contributed by atoms with Crippen LogP contribution in [0.2, 0.25) is 0 Å². The quantitative estimate of drug-likeness (QED) is 0.149. The maximum absolute atomic E-state index is 6.58. The number of rotatable bonds is 7. The summed E-state index contributed by atoms with van der Waals surface area (Å²) in [4.78, 5) is 2.41. The van der Waals surface area contributed by atoms with Crippen molar-refractivity contribution in [2.45, 2.75) is 0 Å². The highest BCUT2D eigenvalue weighted by Crippen LogP contribution is 2.45. The van der Waals surface area contributed by atoms with Crippen molar-refractivity contribution in [2.75, 3.05) is 4.90 Å². The molecule has 0 aliphatic heterocycles. The summed E-state index contributed by atoms with van der Waals surface area (Å²) in [7, 11) is 0. The number of para-hydroxylation sites is 4. The molecule has 14 aromatic rings. The van der Waals surface area contributed by atoms with Crippen LogP contribution in [0.1, 0.15) is 0 Å². The van der Waals surface area contributed by atoms with Crippen LogP contribution in [-0.2, 0) is 0 Å². The summed E-state index contributed by atoms with van der Waals surface area (Å²) in [6.45, 7) is 0. The summed E-state index contributed by atoms with van der Waals surface area (Å²) in [6, 6.07) is 89.5. The molecule has 0 saturated heterocycles. The molecule has 0 radical (unpaired) electrons. The van der Waals surface area contributed by atoms with Crippen molar-refractivity contribution in [1.82, 2.24) is 0 Å². The van der Waals surface area contributed by atoms with E-state index in [2.05, 4.69) is 235 Å². The SMILES string of the molecule is c1ccc2c(-c3cccc4c3oc3ccccc34)cc(-c3ccc(N(c4ccc(-c5ccc(-c6cccc7c6oc6ccccc67)cc5)cc4)c4cc5ccccc5c5ccccc45)cc3)cc2c1. The topological polar surface area (TPSA) is 29.5 Å². The van der Waals surface area contributed by atoms with Gasteiger partial charge in [-0.1, -0.05) is 194 Å². The van der Waals surface area contributed by atoms with Gasteiger partial charge < -0.3 is 13.7 Å². The van der Waals surface area contributed by atoms with E-state index in [1.165, 1.54) is 32.3 Å². The molecule has 322 valence electrons. The van der Waals surface area contributed by atoms with Crippen molar-refractivity contribution in [3.8, 4) is 44.5 Å². The van der Waals surface area contributed by atoms with Gasteiger partial charge >= 0.3 is 0 Å². The van der Waals surface area contributed by atoms with E-state index in [0.717, 1.165) is 105 Å². The summed E-state index contributed by atoms with van der Waals surface area (Å²) >= 11 is 0. The van der Waals surface area contributed by atoms with Gasteiger partial charge in [0.05, 0.1) is 5.69 Å². The molecule has 0 saturated carbocycles. The number of benzene rings is 12. The summed E-state index contributed by atoms with van der Waals surface area (Å²) in [6.07, 6.45) is 0. The molecule has 2 heterocycles. The average molecular weight is 880 g/mol. The molecule has 0 bridgehead atoms. The van der Waals surface area contributed by atoms with Crippen LogP contribution in [-0.4, -0.2) is 0 Å². The molecule has 0 aliphatic rings. The molecule has 0 atom stereocenters. The van der Waals surface area contributed by atoms with Crippen LogP contribution in [0.3, 0.4) is 0 Å². The van der Waals surface area contributed by atoms with Gasteiger partial charge in [-0.05, 0) is 115 Å². The number of hydrogen-bond donors (Lipinski definition) is 0. The van der Waals surface area contributed by atoms with Crippen LogP contribution in [0.4, 0.5) is 17.1 Å². The summed E-state index contributed by atoms with van der Waals surface area (Å²) in [5.41, 5.74) is 16.0. The molecule has 0 unspecified atom stereocenters. The maximum Gasteiger partial charge on any atom is 0.143 e. The van der Waals surface area contributed by atoms with Crippen LogP contribution in [0.25, 0.3) is 121 Å². The number of fused-ring (bicyclic) bond motifs is 10. The fourth-order valence-electron chi connectivity index (χ4n) is 10.7. The molecule has 2 aromatic heterocycles. The van der Waals surface area contributed by atoms with Crippen molar-refractivity contribution in [1.29, 1.82) is 0 Å². The van der Waals surface area contributed by atoms with E-state index in [4.69, 9.17) is 8.83 Å². The number of nitrogens with zero attached hydrogens (tertiary/aromatic N) is 1. The first-order valence-electron chi connectivity index (χ1n) is 23.6. The molecule has 69 heavy (non-hydrogen) atoms. The van der Waals surface area contributed by atoms with Crippen molar-refractivity contribution < 1.29 is 8.83 Å². The zero-order valence-corrected chi connectivity index (χ0v) is 37.4. The molecule has 0 spiro atoms. The van der Waals surface area contributed by atoms with Crippen LogP contribution in [0.5, 0.6) is 0 Å². The van der Waals surface area contributed by atoms with Crippen LogP contribution in [0, 0.1) is 0 Å². The normalized spacial score (nSPS) is 11.8. The second-order valence-corrected chi connectivity index (χ2v) is 18.0. The van der Waals surface area contributed by atoms with E-state index in [-0.39, 0.29) is 0 Å². The lowest BCUT2D eigenvalue weighted by Crippen LogP contribution is -2.10. The Bertz CT molecular complexity index is 4290. The maximum atomic E-state index is 6.58. The van der Waals surface area contributed by atoms with Gasteiger partial charge in [-0.15, -0.1) is 0 Å². The highest BCUT2D eigenvalue weighted by molar-refractivity contribution is 6.16. The second-order valence-electron chi connectivity index (χ2n) is 18.0. The molecule has 14 rings (SSSR count). The lowest BCUT2D eigenvalue weighted by molar-refractivity contribution is 0.669. The van der Waals surface area contributed by atoms with Crippen LogP contribution < -0.4 is 4.90 Å². The lowest BCUT2D eigenvalue weighted by atomic mass is 9.92. The minimum atomic E-state index is 0.900. The summed E-state index contributed by atoms with van der Waals surface area (Å²) < 4.78 is 13.0. The molecular weight excluding hydrogens is 839 g/mol. The largest absolute Gasteiger partial charge is 0.455 e. The van der Waals surface area contributed by atoms with Gasteiger partial charge in [0.25, 0.3) is 0 Å². The zero-order chi connectivity index (χ0) is 45.4. The molecule has 0 fully saturated rings. The monoisotopic (exact) mass is 879 g/mol. The Hall–Kier alpha value is -9.18. The van der Waals surface area contributed by atoms with Gasteiger partial charge in [0.15, 0.2) is 0 Å². The minimum absolute atomic E-state index is 0.900. The number of anilines is 3. The fraction of sp³-hybridized carbons (Fsp3) is 0. The van der Waals surface area contributed by atoms with E-state index in [9.17, 15) is 0 Å².